The van der Waals surface area contributed by atoms with Crippen molar-refractivity contribution in [3.8, 4) is 5.75 Å². The highest BCUT2D eigenvalue weighted by atomic mass is 32.1. The van der Waals surface area contributed by atoms with E-state index in [2.05, 4.69) is 22.9 Å². The van der Waals surface area contributed by atoms with Crippen molar-refractivity contribution < 1.29 is 19.1 Å². The molecule has 2 amide bonds. The van der Waals surface area contributed by atoms with Crippen LogP contribution < -0.4 is 20.7 Å². The largest absolute Gasteiger partial charge is 0.490 e. The van der Waals surface area contributed by atoms with Crippen molar-refractivity contribution in [3.63, 3.8) is 0 Å². The molecule has 0 fully saturated rings. The second-order valence-corrected chi connectivity index (χ2v) is 7.04. The number of carbonyl (C=O) groups excluding carboxylic acids is 2. The SMILES string of the molecule is CCCCNC(=O)c1ccc(NC(=S)NC(=O)c2ccccc2OCCOCC)cc1. The lowest BCUT2D eigenvalue weighted by Gasteiger charge is -2.13. The van der Waals surface area contributed by atoms with Crippen molar-refractivity contribution in [3.05, 3.63) is 59.7 Å². The van der Waals surface area contributed by atoms with E-state index < -0.39 is 0 Å². The molecular weight excluding hydrogens is 414 g/mol. The minimum Gasteiger partial charge on any atom is -0.490 e. The number of unbranched alkanes of at least 4 members (excludes halogenated alkanes) is 1. The predicted octanol–water partition coefficient (Wildman–Crippen LogP) is 3.76. The van der Waals surface area contributed by atoms with E-state index in [0.29, 0.717) is 48.9 Å². The molecule has 0 radical (unpaired) electrons. The van der Waals surface area contributed by atoms with Crippen molar-refractivity contribution in [2.45, 2.75) is 26.7 Å². The summed E-state index contributed by atoms with van der Waals surface area (Å²) in [5.74, 6) is -0.0332. The van der Waals surface area contributed by atoms with Crippen LogP contribution in [0.2, 0.25) is 0 Å². The topological polar surface area (TPSA) is 88.7 Å². The predicted molar refractivity (Wildman–Crippen MR) is 126 cm³/mol. The Hall–Kier alpha value is -2.97. The Labute approximate surface area is 188 Å². The number of hydrogen-bond donors (Lipinski definition) is 3. The van der Waals surface area contributed by atoms with Gasteiger partial charge in [0.05, 0.1) is 12.2 Å². The zero-order valence-electron chi connectivity index (χ0n) is 17.9. The molecule has 0 bridgehead atoms. The molecule has 0 spiro atoms. The van der Waals surface area contributed by atoms with Gasteiger partial charge in [-0.1, -0.05) is 25.5 Å². The molecule has 2 aromatic carbocycles. The molecule has 0 aromatic heterocycles. The first-order chi connectivity index (χ1) is 15.0. The Bertz CT molecular complexity index is 871. The maximum atomic E-state index is 12.6. The van der Waals surface area contributed by atoms with Crippen LogP contribution in [0, 0.1) is 0 Å². The Morgan fingerprint density at radius 2 is 1.71 bits per heavy atom. The van der Waals surface area contributed by atoms with Gasteiger partial charge in [0.1, 0.15) is 12.4 Å². The van der Waals surface area contributed by atoms with Crippen molar-refractivity contribution >= 4 is 34.8 Å². The lowest BCUT2D eigenvalue weighted by Crippen LogP contribution is -2.34. The number of anilines is 1. The quantitative estimate of drug-likeness (QED) is 0.362. The van der Waals surface area contributed by atoms with Crippen LogP contribution in [0.1, 0.15) is 47.4 Å². The van der Waals surface area contributed by atoms with Gasteiger partial charge >= 0.3 is 0 Å². The number of hydrogen-bond acceptors (Lipinski definition) is 5. The highest BCUT2D eigenvalue weighted by Gasteiger charge is 2.14. The number of thiocarbonyl (C=S) groups is 1. The molecular formula is C23H29N3O4S. The molecule has 0 saturated heterocycles. The van der Waals surface area contributed by atoms with Crippen LogP contribution in [-0.4, -0.2) is 43.3 Å². The summed E-state index contributed by atoms with van der Waals surface area (Å²) in [5.41, 5.74) is 1.61. The van der Waals surface area contributed by atoms with E-state index in [4.69, 9.17) is 21.7 Å². The molecule has 0 aliphatic heterocycles. The van der Waals surface area contributed by atoms with Crippen molar-refractivity contribution in [1.29, 1.82) is 0 Å². The van der Waals surface area contributed by atoms with E-state index in [1.165, 1.54) is 0 Å². The minimum atomic E-state index is -0.378. The van der Waals surface area contributed by atoms with Crippen LogP contribution in [0.5, 0.6) is 5.75 Å². The van der Waals surface area contributed by atoms with E-state index in [0.717, 1.165) is 12.8 Å². The van der Waals surface area contributed by atoms with Crippen LogP contribution in [0.15, 0.2) is 48.5 Å². The zero-order chi connectivity index (χ0) is 22.5. The van der Waals surface area contributed by atoms with Crippen LogP contribution in [-0.2, 0) is 4.74 Å². The first-order valence-corrected chi connectivity index (χ1v) is 10.8. The molecule has 2 aromatic rings. The van der Waals surface area contributed by atoms with E-state index in [1.54, 1.807) is 48.5 Å². The van der Waals surface area contributed by atoms with E-state index in [9.17, 15) is 9.59 Å². The van der Waals surface area contributed by atoms with E-state index >= 15 is 0 Å². The van der Waals surface area contributed by atoms with Gasteiger partial charge in [-0.05, 0) is 62.0 Å². The monoisotopic (exact) mass is 443 g/mol. The van der Waals surface area contributed by atoms with Gasteiger partial charge in [-0.2, -0.15) is 0 Å². The molecule has 0 unspecified atom stereocenters. The Morgan fingerprint density at radius 1 is 0.968 bits per heavy atom. The molecule has 0 aliphatic rings. The highest BCUT2D eigenvalue weighted by Crippen LogP contribution is 2.18. The van der Waals surface area contributed by atoms with Gasteiger partial charge in [-0.3, -0.25) is 14.9 Å². The smallest absolute Gasteiger partial charge is 0.261 e. The van der Waals surface area contributed by atoms with Gasteiger partial charge in [0.25, 0.3) is 11.8 Å². The minimum absolute atomic E-state index is 0.114. The Kier molecular flexibility index (Phi) is 10.5. The van der Waals surface area contributed by atoms with Gasteiger partial charge in [-0.25, -0.2) is 0 Å². The van der Waals surface area contributed by atoms with Gasteiger partial charge in [0, 0.05) is 24.4 Å². The first-order valence-electron chi connectivity index (χ1n) is 10.3. The maximum Gasteiger partial charge on any atom is 0.261 e. The third kappa shape index (κ3) is 8.35. The number of amides is 2. The average molecular weight is 444 g/mol. The summed E-state index contributed by atoms with van der Waals surface area (Å²) in [6.45, 7) is 6.03. The second-order valence-electron chi connectivity index (χ2n) is 6.64. The lowest BCUT2D eigenvalue weighted by molar-refractivity contribution is 0.0948. The fraction of sp³-hybridized carbons (Fsp3) is 0.348. The molecule has 8 heteroatoms. The maximum absolute atomic E-state index is 12.6. The second kappa shape index (κ2) is 13.4. The number of carbonyl (C=O) groups is 2. The number of para-hydroxylation sites is 1. The van der Waals surface area contributed by atoms with E-state index in [-0.39, 0.29) is 16.9 Å². The van der Waals surface area contributed by atoms with Crippen LogP contribution in [0.3, 0.4) is 0 Å². The molecule has 0 saturated carbocycles. The summed E-state index contributed by atoms with van der Waals surface area (Å²) in [4.78, 5) is 24.7. The molecule has 0 aliphatic carbocycles. The fourth-order valence-electron chi connectivity index (χ4n) is 2.65. The number of ether oxygens (including phenoxy) is 2. The zero-order valence-corrected chi connectivity index (χ0v) is 18.7. The lowest BCUT2D eigenvalue weighted by atomic mass is 10.2. The summed E-state index contributed by atoms with van der Waals surface area (Å²) in [7, 11) is 0. The third-order valence-corrected chi connectivity index (χ3v) is 4.47. The molecule has 166 valence electrons. The normalized spacial score (nSPS) is 10.3. The van der Waals surface area contributed by atoms with Crippen molar-refractivity contribution in [2.75, 3.05) is 31.7 Å². The number of benzene rings is 2. The van der Waals surface area contributed by atoms with Crippen molar-refractivity contribution in [2.24, 2.45) is 0 Å². The highest BCUT2D eigenvalue weighted by molar-refractivity contribution is 7.80. The molecule has 31 heavy (non-hydrogen) atoms. The molecule has 7 nitrogen and oxygen atoms in total. The van der Waals surface area contributed by atoms with Gasteiger partial charge in [-0.15, -0.1) is 0 Å². The van der Waals surface area contributed by atoms with E-state index in [1.807, 2.05) is 6.92 Å². The summed E-state index contributed by atoms with van der Waals surface area (Å²) in [5, 5.41) is 8.61. The van der Waals surface area contributed by atoms with Gasteiger partial charge < -0.3 is 20.1 Å². The third-order valence-electron chi connectivity index (χ3n) is 4.27. The van der Waals surface area contributed by atoms with Crippen molar-refractivity contribution in [1.82, 2.24) is 10.6 Å². The fourth-order valence-corrected chi connectivity index (χ4v) is 2.86. The van der Waals surface area contributed by atoms with Crippen LogP contribution >= 0.6 is 12.2 Å². The molecule has 0 atom stereocenters. The molecule has 3 N–H and O–H groups in total. The summed E-state index contributed by atoms with van der Waals surface area (Å²) in [6, 6.07) is 13.8. The Morgan fingerprint density at radius 3 is 2.42 bits per heavy atom. The number of nitrogens with one attached hydrogen (secondary N) is 3. The first kappa shape index (κ1) is 24.3. The van der Waals surface area contributed by atoms with Gasteiger partial charge in [0.15, 0.2) is 5.11 Å². The summed E-state index contributed by atoms with van der Waals surface area (Å²) >= 11 is 5.25. The van der Waals surface area contributed by atoms with Crippen LogP contribution in [0.25, 0.3) is 0 Å². The standard InChI is InChI=1S/C23H29N3O4S/c1-3-5-14-24-21(27)17-10-12-18(13-11-17)25-23(31)26-22(28)19-8-6-7-9-20(19)30-16-15-29-4-2/h6-13H,3-5,14-16H2,1-2H3,(H,24,27)(H2,25,26,28,31). The number of rotatable bonds is 11. The Balaban J connectivity index is 1.90. The van der Waals surface area contributed by atoms with Crippen LogP contribution in [0.4, 0.5) is 5.69 Å². The van der Waals surface area contributed by atoms with Gasteiger partial charge in [0.2, 0.25) is 0 Å². The molecule has 2 rings (SSSR count). The summed E-state index contributed by atoms with van der Waals surface area (Å²) in [6.07, 6.45) is 1.97. The molecule has 0 heterocycles. The average Bonchev–Trinajstić information content (AvgIpc) is 2.77. The summed E-state index contributed by atoms with van der Waals surface area (Å²) < 4.78 is 10.9.